The summed E-state index contributed by atoms with van der Waals surface area (Å²) in [5.74, 6) is 0.0448. The Labute approximate surface area is 128 Å². The lowest BCUT2D eigenvalue weighted by Gasteiger charge is -2.19. The molecule has 110 valence electrons. The van der Waals surface area contributed by atoms with E-state index in [2.05, 4.69) is 27.3 Å². The SMILES string of the molecule is CC(C)C(O)CC(=O)NCC1(c2ccccc2Br)CC1. The molecule has 0 saturated heterocycles. The van der Waals surface area contributed by atoms with Gasteiger partial charge in [0, 0.05) is 16.4 Å². The molecule has 0 radical (unpaired) electrons. The fraction of sp³-hybridized carbons (Fsp3) is 0.562. The van der Waals surface area contributed by atoms with Gasteiger partial charge in [-0.3, -0.25) is 4.79 Å². The second-order valence-corrected chi connectivity index (χ2v) is 6.91. The molecule has 3 nitrogen and oxygen atoms in total. The van der Waals surface area contributed by atoms with E-state index in [4.69, 9.17) is 0 Å². The lowest BCUT2D eigenvalue weighted by Crippen LogP contribution is -2.35. The quantitative estimate of drug-likeness (QED) is 0.836. The summed E-state index contributed by atoms with van der Waals surface area (Å²) in [6, 6.07) is 8.19. The van der Waals surface area contributed by atoms with E-state index in [0.29, 0.717) is 6.54 Å². The van der Waals surface area contributed by atoms with Gasteiger partial charge in [0.25, 0.3) is 0 Å². The minimum atomic E-state index is -0.561. The van der Waals surface area contributed by atoms with E-state index in [1.807, 2.05) is 32.0 Å². The van der Waals surface area contributed by atoms with Crippen molar-refractivity contribution < 1.29 is 9.90 Å². The fourth-order valence-corrected chi connectivity index (χ4v) is 3.05. The molecule has 0 spiro atoms. The summed E-state index contributed by atoms with van der Waals surface area (Å²) < 4.78 is 1.11. The van der Waals surface area contributed by atoms with Gasteiger partial charge in [0.15, 0.2) is 0 Å². The second kappa shape index (κ2) is 6.27. The third kappa shape index (κ3) is 3.61. The summed E-state index contributed by atoms with van der Waals surface area (Å²) in [6.07, 6.45) is 1.82. The average molecular weight is 340 g/mol. The van der Waals surface area contributed by atoms with Crippen LogP contribution < -0.4 is 5.32 Å². The number of aliphatic hydroxyl groups excluding tert-OH is 1. The third-order valence-corrected chi connectivity index (χ3v) is 4.78. The van der Waals surface area contributed by atoms with Crippen molar-refractivity contribution in [2.75, 3.05) is 6.54 Å². The number of carbonyl (C=O) groups is 1. The largest absolute Gasteiger partial charge is 0.392 e. The Morgan fingerprint density at radius 2 is 2.05 bits per heavy atom. The van der Waals surface area contributed by atoms with Crippen LogP contribution in [0.15, 0.2) is 28.7 Å². The van der Waals surface area contributed by atoms with Gasteiger partial charge in [-0.15, -0.1) is 0 Å². The van der Waals surface area contributed by atoms with E-state index in [9.17, 15) is 9.90 Å². The van der Waals surface area contributed by atoms with Crippen molar-refractivity contribution in [3.05, 3.63) is 34.3 Å². The van der Waals surface area contributed by atoms with Crippen LogP contribution in [-0.2, 0) is 10.2 Å². The molecular weight excluding hydrogens is 318 g/mol. The molecule has 4 heteroatoms. The molecule has 2 rings (SSSR count). The molecule has 2 N–H and O–H groups in total. The van der Waals surface area contributed by atoms with Crippen LogP contribution in [0.5, 0.6) is 0 Å². The van der Waals surface area contributed by atoms with Gasteiger partial charge in [-0.2, -0.15) is 0 Å². The van der Waals surface area contributed by atoms with Crippen molar-refractivity contribution in [2.24, 2.45) is 5.92 Å². The van der Waals surface area contributed by atoms with E-state index in [0.717, 1.165) is 17.3 Å². The predicted molar refractivity (Wildman–Crippen MR) is 83.5 cm³/mol. The zero-order valence-electron chi connectivity index (χ0n) is 12.0. The zero-order valence-corrected chi connectivity index (χ0v) is 13.6. The lowest BCUT2D eigenvalue weighted by atomic mass is 9.95. The molecule has 0 heterocycles. The molecule has 1 fully saturated rings. The molecule has 1 aliphatic rings. The van der Waals surface area contributed by atoms with E-state index >= 15 is 0 Å². The number of amides is 1. The highest BCUT2D eigenvalue weighted by Gasteiger charge is 2.45. The van der Waals surface area contributed by atoms with Crippen LogP contribution >= 0.6 is 15.9 Å². The predicted octanol–water partition coefficient (Wildman–Crippen LogP) is 3.00. The van der Waals surface area contributed by atoms with Gasteiger partial charge < -0.3 is 10.4 Å². The van der Waals surface area contributed by atoms with Crippen molar-refractivity contribution >= 4 is 21.8 Å². The molecule has 0 bridgehead atoms. The molecular formula is C16H22BrNO2. The van der Waals surface area contributed by atoms with Gasteiger partial charge in [0.1, 0.15) is 0 Å². The number of carbonyl (C=O) groups excluding carboxylic acids is 1. The Morgan fingerprint density at radius 1 is 1.40 bits per heavy atom. The highest BCUT2D eigenvalue weighted by atomic mass is 79.9. The van der Waals surface area contributed by atoms with Crippen LogP contribution in [0.1, 0.15) is 38.7 Å². The number of rotatable bonds is 6. The summed E-state index contributed by atoms with van der Waals surface area (Å²) in [7, 11) is 0. The Hall–Kier alpha value is -0.870. The van der Waals surface area contributed by atoms with Gasteiger partial charge in [-0.1, -0.05) is 48.0 Å². The highest BCUT2D eigenvalue weighted by molar-refractivity contribution is 9.10. The fourth-order valence-electron chi connectivity index (χ4n) is 2.35. The lowest BCUT2D eigenvalue weighted by molar-refractivity contribution is -0.123. The van der Waals surface area contributed by atoms with Crippen molar-refractivity contribution in [1.82, 2.24) is 5.32 Å². The Kier molecular flexibility index (Phi) is 4.86. The second-order valence-electron chi connectivity index (χ2n) is 6.05. The summed E-state index contributed by atoms with van der Waals surface area (Å²) in [4.78, 5) is 11.9. The third-order valence-electron chi connectivity index (χ3n) is 4.09. The smallest absolute Gasteiger partial charge is 0.222 e. The molecule has 20 heavy (non-hydrogen) atoms. The number of halogens is 1. The van der Waals surface area contributed by atoms with Gasteiger partial charge in [0.2, 0.25) is 5.91 Å². The molecule has 1 saturated carbocycles. The maximum Gasteiger partial charge on any atom is 0.222 e. The minimum absolute atomic E-state index is 0.0653. The van der Waals surface area contributed by atoms with E-state index in [-0.39, 0.29) is 23.7 Å². The van der Waals surface area contributed by atoms with Crippen LogP contribution in [0.3, 0.4) is 0 Å². The highest BCUT2D eigenvalue weighted by Crippen LogP contribution is 2.49. The van der Waals surface area contributed by atoms with Crippen LogP contribution in [0, 0.1) is 5.92 Å². The number of hydrogen-bond donors (Lipinski definition) is 2. The normalized spacial score (nSPS) is 17.9. The molecule has 1 aliphatic carbocycles. The number of nitrogens with one attached hydrogen (secondary N) is 1. The topological polar surface area (TPSA) is 49.3 Å². The first-order valence-electron chi connectivity index (χ1n) is 7.14. The van der Waals surface area contributed by atoms with Crippen molar-refractivity contribution in [3.63, 3.8) is 0 Å². The Balaban J connectivity index is 1.91. The number of hydrogen-bond acceptors (Lipinski definition) is 2. The van der Waals surface area contributed by atoms with E-state index in [1.165, 1.54) is 5.56 Å². The molecule has 1 aromatic rings. The average Bonchev–Trinajstić information content (AvgIpc) is 3.18. The van der Waals surface area contributed by atoms with Gasteiger partial charge in [0.05, 0.1) is 12.5 Å². The molecule has 1 aromatic carbocycles. The Bertz CT molecular complexity index is 483. The Morgan fingerprint density at radius 3 is 2.60 bits per heavy atom. The van der Waals surface area contributed by atoms with Crippen molar-refractivity contribution in [3.8, 4) is 0 Å². The van der Waals surface area contributed by atoms with Crippen molar-refractivity contribution in [2.45, 2.75) is 44.6 Å². The van der Waals surface area contributed by atoms with Gasteiger partial charge in [-0.05, 0) is 30.4 Å². The molecule has 1 atom stereocenters. The van der Waals surface area contributed by atoms with Crippen molar-refractivity contribution in [1.29, 1.82) is 0 Å². The number of aliphatic hydroxyl groups is 1. The molecule has 1 unspecified atom stereocenters. The van der Waals surface area contributed by atoms with E-state index < -0.39 is 6.10 Å². The van der Waals surface area contributed by atoms with Crippen LogP contribution in [0.2, 0.25) is 0 Å². The summed E-state index contributed by atoms with van der Waals surface area (Å²) in [5, 5.41) is 12.7. The molecule has 0 aliphatic heterocycles. The standard InChI is InChI=1S/C16H22BrNO2/c1-11(2)14(19)9-15(20)18-10-16(7-8-16)12-5-3-4-6-13(12)17/h3-6,11,14,19H,7-10H2,1-2H3,(H,18,20). The molecule has 0 aromatic heterocycles. The van der Waals surface area contributed by atoms with E-state index in [1.54, 1.807) is 0 Å². The van der Waals surface area contributed by atoms with Crippen LogP contribution in [0.4, 0.5) is 0 Å². The first kappa shape index (κ1) is 15.5. The summed E-state index contributed by atoms with van der Waals surface area (Å²) in [5.41, 5.74) is 1.35. The monoisotopic (exact) mass is 339 g/mol. The van der Waals surface area contributed by atoms with Gasteiger partial charge >= 0.3 is 0 Å². The minimum Gasteiger partial charge on any atom is -0.392 e. The maximum absolute atomic E-state index is 11.9. The summed E-state index contributed by atoms with van der Waals surface area (Å²) >= 11 is 3.59. The first-order chi connectivity index (χ1) is 9.44. The van der Waals surface area contributed by atoms with Gasteiger partial charge in [-0.25, -0.2) is 0 Å². The van der Waals surface area contributed by atoms with Crippen LogP contribution in [0.25, 0.3) is 0 Å². The number of benzene rings is 1. The van der Waals surface area contributed by atoms with Crippen LogP contribution in [-0.4, -0.2) is 23.7 Å². The maximum atomic E-state index is 11.9. The summed E-state index contributed by atoms with van der Waals surface area (Å²) in [6.45, 7) is 4.49. The zero-order chi connectivity index (χ0) is 14.8. The molecule has 1 amide bonds. The first-order valence-corrected chi connectivity index (χ1v) is 7.94.